The molecule has 1 aromatic carbocycles. The largest absolute Gasteiger partial charge is 0.341 e. The molecule has 0 bridgehead atoms. The van der Waals surface area contributed by atoms with Crippen molar-refractivity contribution >= 4 is 21.8 Å². The van der Waals surface area contributed by atoms with Crippen molar-refractivity contribution in [2.75, 3.05) is 26.7 Å². The van der Waals surface area contributed by atoms with Crippen molar-refractivity contribution in [1.29, 1.82) is 0 Å². The van der Waals surface area contributed by atoms with Gasteiger partial charge in [0.05, 0.1) is 5.56 Å². The average Bonchev–Trinajstić information content (AvgIpc) is 2.81. The van der Waals surface area contributed by atoms with Gasteiger partial charge in [0.15, 0.2) is 0 Å². The van der Waals surface area contributed by atoms with E-state index in [1.165, 1.54) is 0 Å². The molecule has 1 amide bonds. The zero-order chi connectivity index (χ0) is 12.3. The molecule has 0 aliphatic carbocycles. The molecule has 92 valence electrons. The van der Waals surface area contributed by atoms with E-state index in [-0.39, 0.29) is 5.91 Å². The fourth-order valence-electron chi connectivity index (χ4n) is 2.18. The minimum atomic E-state index is 0.0874. The Morgan fingerprint density at radius 1 is 1.53 bits per heavy atom. The van der Waals surface area contributed by atoms with Gasteiger partial charge in [0.25, 0.3) is 5.91 Å². The van der Waals surface area contributed by atoms with E-state index in [1.807, 2.05) is 36.2 Å². The van der Waals surface area contributed by atoms with E-state index < -0.39 is 0 Å². The molecule has 1 fully saturated rings. The summed E-state index contributed by atoms with van der Waals surface area (Å²) in [6.45, 7) is 2.92. The molecule has 1 aromatic rings. The summed E-state index contributed by atoms with van der Waals surface area (Å²) in [5.74, 6) is 0.677. The first kappa shape index (κ1) is 12.6. The van der Waals surface area contributed by atoms with Crippen LogP contribution >= 0.6 is 15.9 Å². The number of hydrogen-bond acceptors (Lipinski definition) is 2. The molecular weight excluding hydrogens is 280 g/mol. The molecular formula is C13H17BrN2O. The number of amides is 1. The SMILES string of the molecule is CN(CC1CCNC1)C(=O)c1ccccc1Br. The smallest absolute Gasteiger partial charge is 0.254 e. The van der Waals surface area contributed by atoms with Crippen LogP contribution in [0.25, 0.3) is 0 Å². The van der Waals surface area contributed by atoms with Gasteiger partial charge in [-0.05, 0) is 53.5 Å². The Bertz CT molecular complexity index is 402. The van der Waals surface area contributed by atoms with Crippen LogP contribution in [0, 0.1) is 5.92 Å². The Labute approximate surface area is 110 Å². The van der Waals surface area contributed by atoms with Gasteiger partial charge in [-0.3, -0.25) is 4.79 Å². The third-order valence-electron chi connectivity index (χ3n) is 3.15. The highest BCUT2D eigenvalue weighted by Gasteiger charge is 2.20. The number of nitrogens with one attached hydrogen (secondary N) is 1. The fourth-order valence-corrected chi connectivity index (χ4v) is 2.64. The van der Waals surface area contributed by atoms with Gasteiger partial charge in [0.1, 0.15) is 0 Å². The van der Waals surface area contributed by atoms with Gasteiger partial charge in [-0.2, -0.15) is 0 Å². The molecule has 4 heteroatoms. The summed E-state index contributed by atoms with van der Waals surface area (Å²) in [7, 11) is 1.88. The Morgan fingerprint density at radius 3 is 2.94 bits per heavy atom. The van der Waals surface area contributed by atoms with Gasteiger partial charge < -0.3 is 10.2 Å². The monoisotopic (exact) mass is 296 g/mol. The lowest BCUT2D eigenvalue weighted by atomic mass is 10.1. The highest BCUT2D eigenvalue weighted by atomic mass is 79.9. The third kappa shape index (κ3) is 3.07. The maximum Gasteiger partial charge on any atom is 0.254 e. The molecule has 1 saturated heterocycles. The van der Waals surface area contributed by atoms with E-state index >= 15 is 0 Å². The van der Waals surface area contributed by atoms with Crippen LogP contribution in [0.2, 0.25) is 0 Å². The van der Waals surface area contributed by atoms with Crippen molar-refractivity contribution < 1.29 is 4.79 Å². The lowest BCUT2D eigenvalue weighted by molar-refractivity contribution is 0.0775. The van der Waals surface area contributed by atoms with E-state index in [0.29, 0.717) is 5.92 Å². The molecule has 0 saturated carbocycles. The van der Waals surface area contributed by atoms with Crippen molar-refractivity contribution in [3.63, 3.8) is 0 Å². The van der Waals surface area contributed by atoms with E-state index in [4.69, 9.17) is 0 Å². The topological polar surface area (TPSA) is 32.3 Å². The van der Waals surface area contributed by atoms with Crippen LogP contribution in [0.5, 0.6) is 0 Å². The van der Waals surface area contributed by atoms with E-state index in [0.717, 1.165) is 36.1 Å². The van der Waals surface area contributed by atoms with Gasteiger partial charge in [-0.25, -0.2) is 0 Å². The average molecular weight is 297 g/mol. The Balaban J connectivity index is 2.01. The Kier molecular flexibility index (Phi) is 4.18. The highest BCUT2D eigenvalue weighted by Crippen LogP contribution is 2.18. The zero-order valence-electron chi connectivity index (χ0n) is 9.95. The van der Waals surface area contributed by atoms with Gasteiger partial charge in [-0.15, -0.1) is 0 Å². The van der Waals surface area contributed by atoms with Gasteiger partial charge in [-0.1, -0.05) is 12.1 Å². The molecule has 0 radical (unpaired) electrons. The Hall–Kier alpha value is -0.870. The molecule has 1 unspecified atom stereocenters. The summed E-state index contributed by atoms with van der Waals surface area (Å²) < 4.78 is 0.862. The van der Waals surface area contributed by atoms with E-state index in [1.54, 1.807) is 0 Å². The van der Waals surface area contributed by atoms with Crippen molar-refractivity contribution in [3.8, 4) is 0 Å². The summed E-state index contributed by atoms with van der Waals surface area (Å²) in [5, 5.41) is 3.32. The van der Waals surface area contributed by atoms with E-state index in [9.17, 15) is 4.79 Å². The quantitative estimate of drug-likeness (QED) is 0.927. The predicted octanol–water partition coefficient (Wildman–Crippen LogP) is 2.13. The van der Waals surface area contributed by atoms with Crippen molar-refractivity contribution in [2.45, 2.75) is 6.42 Å². The minimum Gasteiger partial charge on any atom is -0.341 e. The summed E-state index contributed by atoms with van der Waals surface area (Å²) in [6.07, 6.45) is 1.16. The van der Waals surface area contributed by atoms with Crippen molar-refractivity contribution in [1.82, 2.24) is 10.2 Å². The summed E-state index contributed by atoms with van der Waals surface area (Å²) in [6, 6.07) is 7.57. The highest BCUT2D eigenvalue weighted by molar-refractivity contribution is 9.10. The fraction of sp³-hybridized carbons (Fsp3) is 0.462. The summed E-state index contributed by atoms with van der Waals surface area (Å²) in [4.78, 5) is 14.0. The van der Waals surface area contributed by atoms with E-state index in [2.05, 4.69) is 21.2 Å². The minimum absolute atomic E-state index is 0.0874. The predicted molar refractivity (Wildman–Crippen MR) is 72.1 cm³/mol. The van der Waals surface area contributed by atoms with Gasteiger partial charge in [0.2, 0.25) is 0 Å². The number of hydrogen-bond donors (Lipinski definition) is 1. The normalized spacial score (nSPS) is 19.3. The molecule has 1 aliphatic heterocycles. The number of rotatable bonds is 3. The van der Waals surface area contributed by atoms with Crippen LogP contribution in [-0.4, -0.2) is 37.5 Å². The second-order valence-corrected chi connectivity index (χ2v) is 5.38. The number of carbonyl (C=O) groups excluding carboxylic acids is 1. The van der Waals surface area contributed by atoms with Crippen LogP contribution < -0.4 is 5.32 Å². The molecule has 0 spiro atoms. The lowest BCUT2D eigenvalue weighted by Gasteiger charge is -2.21. The molecule has 17 heavy (non-hydrogen) atoms. The maximum absolute atomic E-state index is 12.2. The van der Waals surface area contributed by atoms with Crippen molar-refractivity contribution in [2.24, 2.45) is 5.92 Å². The second-order valence-electron chi connectivity index (χ2n) is 4.52. The lowest BCUT2D eigenvalue weighted by Crippen LogP contribution is -2.32. The van der Waals surface area contributed by atoms with Crippen LogP contribution in [0.1, 0.15) is 16.8 Å². The van der Waals surface area contributed by atoms with Gasteiger partial charge in [0, 0.05) is 18.1 Å². The van der Waals surface area contributed by atoms with Crippen LogP contribution in [0.4, 0.5) is 0 Å². The standard InChI is InChI=1S/C13H17BrN2O/c1-16(9-10-6-7-15-8-10)13(17)11-4-2-3-5-12(11)14/h2-5,10,15H,6-9H2,1H3. The number of carbonyl (C=O) groups is 1. The van der Waals surface area contributed by atoms with Crippen LogP contribution in [-0.2, 0) is 0 Å². The summed E-state index contributed by atoms with van der Waals surface area (Å²) in [5.41, 5.74) is 0.737. The Morgan fingerprint density at radius 2 is 2.29 bits per heavy atom. The molecule has 1 aliphatic rings. The first-order valence-corrected chi connectivity index (χ1v) is 6.68. The van der Waals surface area contributed by atoms with Crippen LogP contribution in [0.15, 0.2) is 28.7 Å². The third-order valence-corrected chi connectivity index (χ3v) is 3.84. The maximum atomic E-state index is 12.2. The first-order chi connectivity index (χ1) is 8.18. The number of nitrogens with zero attached hydrogens (tertiary/aromatic N) is 1. The number of halogens is 1. The molecule has 3 nitrogen and oxygen atoms in total. The molecule has 1 N–H and O–H groups in total. The molecule has 1 atom stereocenters. The molecule has 1 heterocycles. The first-order valence-electron chi connectivity index (χ1n) is 5.89. The van der Waals surface area contributed by atoms with Gasteiger partial charge >= 0.3 is 0 Å². The second kappa shape index (κ2) is 5.65. The molecule has 0 aromatic heterocycles. The molecule has 2 rings (SSSR count). The van der Waals surface area contributed by atoms with Crippen LogP contribution in [0.3, 0.4) is 0 Å². The number of benzene rings is 1. The zero-order valence-corrected chi connectivity index (χ0v) is 11.5. The van der Waals surface area contributed by atoms with Crippen molar-refractivity contribution in [3.05, 3.63) is 34.3 Å². The summed E-state index contributed by atoms with van der Waals surface area (Å²) >= 11 is 3.42.